The monoisotopic (exact) mass is 947 g/mol. The highest BCUT2D eigenvalue weighted by molar-refractivity contribution is 5.71. The summed E-state index contributed by atoms with van der Waals surface area (Å²) in [4.78, 5) is 38.2. The molecule has 67 heavy (non-hydrogen) atoms. The topological polar surface area (TPSA) is 78.9 Å². The van der Waals surface area contributed by atoms with Crippen LogP contribution in [0.1, 0.15) is 343 Å². The second kappa shape index (κ2) is 53.8. The van der Waals surface area contributed by atoms with E-state index < -0.39 is 6.10 Å². The lowest BCUT2D eigenvalue weighted by Crippen LogP contribution is -2.30. The molecular formula is C61H118O6. The lowest BCUT2D eigenvalue weighted by Gasteiger charge is -2.18. The van der Waals surface area contributed by atoms with Crippen LogP contribution in [0.2, 0.25) is 0 Å². The highest BCUT2D eigenvalue weighted by Gasteiger charge is 2.19. The van der Waals surface area contributed by atoms with Crippen LogP contribution in [0.15, 0.2) is 0 Å². The number of hydrogen-bond donors (Lipinski definition) is 0. The summed E-state index contributed by atoms with van der Waals surface area (Å²) >= 11 is 0. The summed E-state index contributed by atoms with van der Waals surface area (Å²) in [6.07, 6.45) is 58.1. The summed E-state index contributed by atoms with van der Waals surface area (Å²) in [6, 6.07) is 0. The number of carbonyl (C=O) groups is 3. The Bertz CT molecular complexity index is 1020. The molecule has 0 radical (unpaired) electrons. The van der Waals surface area contributed by atoms with Crippen LogP contribution in [0.5, 0.6) is 0 Å². The number of ether oxygens (including phenoxy) is 3. The Morgan fingerprint density at radius 1 is 0.284 bits per heavy atom. The zero-order chi connectivity index (χ0) is 48.9. The largest absolute Gasteiger partial charge is 0.462 e. The van der Waals surface area contributed by atoms with E-state index in [4.69, 9.17) is 14.2 Å². The minimum absolute atomic E-state index is 0.0624. The van der Waals surface area contributed by atoms with Gasteiger partial charge in [0.2, 0.25) is 0 Å². The first-order chi connectivity index (χ1) is 32.7. The van der Waals surface area contributed by atoms with Crippen LogP contribution < -0.4 is 0 Å². The van der Waals surface area contributed by atoms with Crippen molar-refractivity contribution in [2.45, 2.75) is 349 Å². The first kappa shape index (κ1) is 65.4. The molecule has 398 valence electrons. The molecule has 0 heterocycles. The Balaban J connectivity index is 4.29. The van der Waals surface area contributed by atoms with Crippen molar-refractivity contribution in [3.8, 4) is 0 Å². The van der Waals surface area contributed by atoms with Gasteiger partial charge in [0, 0.05) is 19.3 Å². The molecule has 0 saturated carbocycles. The second-order valence-corrected chi connectivity index (χ2v) is 21.9. The van der Waals surface area contributed by atoms with E-state index in [0.717, 1.165) is 69.6 Å². The second-order valence-electron chi connectivity index (χ2n) is 21.9. The minimum atomic E-state index is -0.763. The predicted molar refractivity (Wildman–Crippen MR) is 289 cm³/mol. The van der Waals surface area contributed by atoms with E-state index >= 15 is 0 Å². The summed E-state index contributed by atoms with van der Waals surface area (Å²) in [7, 11) is 0. The maximum absolute atomic E-state index is 12.9. The van der Waals surface area contributed by atoms with Gasteiger partial charge in [-0.3, -0.25) is 14.4 Å². The summed E-state index contributed by atoms with van der Waals surface area (Å²) in [6.45, 7) is 11.4. The van der Waals surface area contributed by atoms with Crippen LogP contribution in [0.4, 0.5) is 0 Å². The van der Waals surface area contributed by atoms with E-state index in [1.807, 2.05) is 0 Å². The van der Waals surface area contributed by atoms with Gasteiger partial charge in [-0.2, -0.15) is 0 Å². The molecule has 0 bridgehead atoms. The van der Waals surface area contributed by atoms with Crippen LogP contribution in [0.25, 0.3) is 0 Å². The Labute approximate surface area is 418 Å². The molecule has 0 aliphatic rings. The lowest BCUT2D eigenvalue weighted by molar-refractivity contribution is -0.167. The number of unbranched alkanes of at least 4 members (excludes halogenated alkanes) is 40. The minimum Gasteiger partial charge on any atom is -0.462 e. The molecule has 0 aromatic heterocycles. The van der Waals surface area contributed by atoms with Crippen molar-refractivity contribution < 1.29 is 28.6 Å². The van der Waals surface area contributed by atoms with Crippen LogP contribution in [0.3, 0.4) is 0 Å². The van der Waals surface area contributed by atoms with E-state index in [0.29, 0.717) is 19.3 Å². The average Bonchev–Trinajstić information content (AvgIpc) is 3.30. The van der Waals surface area contributed by atoms with Crippen molar-refractivity contribution in [2.24, 2.45) is 11.8 Å². The average molecular weight is 948 g/mol. The van der Waals surface area contributed by atoms with Gasteiger partial charge in [-0.05, 0) is 31.1 Å². The fourth-order valence-electron chi connectivity index (χ4n) is 9.40. The summed E-state index contributed by atoms with van der Waals surface area (Å²) in [5.74, 6) is 0.835. The van der Waals surface area contributed by atoms with Gasteiger partial charge < -0.3 is 14.2 Å². The van der Waals surface area contributed by atoms with Crippen molar-refractivity contribution in [1.82, 2.24) is 0 Å². The Morgan fingerprint density at radius 3 is 0.731 bits per heavy atom. The molecule has 0 spiro atoms. The number of carbonyl (C=O) groups excluding carboxylic acids is 3. The van der Waals surface area contributed by atoms with Crippen LogP contribution in [0, 0.1) is 11.8 Å². The molecular weight excluding hydrogens is 829 g/mol. The van der Waals surface area contributed by atoms with Crippen molar-refractivity contribution >= 4 is 17.9 Å². The normalized spacial score (nSPS) is 12.0. The predicted octanol–water partition coefficient (Wildman–Crippen LogP) is 20.0. The molecule has 0 aromatic rings. The molecule has 6 heteroatoms. The van der Waals surface area contributed by atoms with Gasteiger partial charge in [0.15, 0.2) is 6.10 Å². The molecule has 6 nitrogen and oxygen atoms in total. The van der Waals surface area contributed by atoms with Crippen LogP contribution in [-0.2, 0) is 28.6 Å². The fourth-order valence-corrected chi connectivity index (χ4v) is 9.40. The molecule has 0 aliphatic heterocycles. The number of rotatable bonds is 55. The fraction of sp³-hybridized carbons (Fsp3) is 0.951. The van der Waals surface area contributed by atoms with E-state index in [1.54, 1.807) is 0 Å². The van der Waals surface area contributed by atoms with E-state index in [2.05, 4.69) is 34.6 Å². The van der Waals surface area contributed by atoms with Gasteiger partial charge in [-0.1, -0.05) is 304 Å². The Hall–Kier alpha value is -1.59. The molecule has 0 saturated heterocycles. The standard InChI is InChI=1S/C61H118O6/c1-6-7-8-9-10-11-12-13-14-15-16-17-22-27-33-38-43-48-53-61(64)67-58(55-66-60(63)52-47-42-37-32-28-23-25-30-35-40-45-50-57(4)5)54-65-59(62)51-46-41-36-31-26-21-19-18-20-24-29-34-39-44-49-56(2)3/h56-58H,6-55H2,1-5H3/t58-/m0/s1. The first-order valence-electron chi connectivity index (χ1n) is 30.2. The zero-order valence-corrected chi connectivity index (χ0v) is 46.0. The van der Waals surface area contributed by atoms with Gasteiger partial charge in [0.1, 0.15) is 13.2 Å². The van der Waals surface area contributed by atoms with E-state index in [1.165, 1.54) is 231 Å². The number of esters is 3. The van der Waals surface area contributed by atoms with Gasteiger partial charge in [-0.25, -0.2) is 0 Å². The molecule has 0 N–H and O–H groups in total. The van der Waals surface area contributed by atoms with Gasteiger partial charge in [0.25, 0.3) is 0 Å². The summed E-state index contributed by atoms with van der Waals surface area (Å²) in [5, 5.41) is 0. The van der Waals surface area contributed by atoms with E-state index in [-0.39, 0.29) is 31.1 Å². The third-order valence-electron chi connectivity index (χ3n) is 14.0. The number of hydrogen-bond acceptors (Lipinski definition) is 6. The highest BCUT2D eigenvalue weighted by atomic mass is 16.6. The molecule has 0 rings (SSSR count). The maximum atomic E-state index is 12.9. The van der Waals surface area contributed by atoms with Crippen molar-refractivity contribution in [3.63, 3.8) is 0 Å². The summed E-state index contributed by atoms with van der Waals surface area (Å²) in [5.41, 5.74) is 0. The van der Waals surface area contributed by atoms with Crippen molar-refractivity contribution in [1.29, 1.82) is 0 Å². The third-order valence-corrected chi connectivity index (χ3v) is 14.0. The van der Waals surface area contributed by atoms with Crippen molar-refractivity contribution in [3.05, 3.63) is 0 Å². The smallest absolute Gasteiger partial charge is 0.306 e. The molecule has 0 aromatic carbocycles. The van der Waals surface area contributed by atoms with Crippen molar-refractivity contribution in [2.75, 3.05) is 13.2 Å². The molecule has 0 aliphatic carbocycles. The molecule has 0 fully saturated rings. The zero-order valence-electron chi connectivity index (χ0n) is 46.0. The molecule has 0 unspecified atom stereocenters. The molecule has 1 atom stereocenters. The van der Waals surface area contributed by atoms with Gasteiger partial charge in [-0.15, -0.1) is 0 Å². The maximum Gasteiger partial charge on any atom is 0.306 e. The highest BCUT2D eigenvalue weighted by Crippen LogP contribution is 2.18. The third kappa shape index (κ3) is 55.2. The van der Waals surface area contributed by atoms with Crippen LogP contribution in [-0.4, -0.2) is 37.2 Å². The van der Waals surface area contributed by atoms with E-state index in [9.17, 15) is 14.4 Å². The SMILES string of the molecule is CCCCCCCCCCCCCCCCCCCCC(=O)O[C@@H](COC(=O)CCCCCCCCCCCCCCCCC(C)C)COC(=O)CCCCCCCCCCCCCC(C)C. The summed E-state index contributed by atoms with van der Waals surface area (Å²) < 4.78 is 16.9. The lowest BCUT2D eigenvalue weighted by atomic mass is 10.0. The quantitative estimate of drug-likeness (QED) is 0.0343. The van der Waals surface area contributed by atoms with Gasteiger partial charge >= 0.3 is 17.9 Å². The Morgan fingerprint density at radius 2 is 0.493 bits per heavy atom. The first-order valence-corrected chi connectivity index (χ1v) is 30.2. The Kier molecular flexibility index (Phi) is 52.5. The molecule has 0 amide bonds. The van der Waals surface area contributed by atoms with Crippen LogP contribution >= 0.6 is 0 Å². The van der Waals surface area contributed by atoms with Gasteiger partial charge in [0.05, 0.1) is 0 Å².